The summed E-state index contributed by atoms with van der Waals surface area (Å²) in [6, 6.07) is 6.09. The molecule has 0 aliphatic heterocycles. The Bertz CT molecular complexity index is 853. The van der Waals surface area contributed by atoms with E-state index in [1.165, 1.54) is 11.8 Å². The van der Waals surface area contributed by atoms with Crippen molar-refractivity contribution in [3.63, 3.8) is 0 Å². The number of aromatic nitrogens is 4. The maximum Gasteiger partial charge on any atom is 0.254 e. The van der Waals surface area contributed by atoms with Gasteiger partial charge in [-0.1, -0.05) is 17.3 Å². The van der Waals surface area contributed by atoms with Crippen LogP contribution < -0.4 is 5.32 Å². The van der Waals surface area contributed by atoms with E-state index in [1.54, 1.807) is 13.1 Å². The highest BCUT2D eigenvalue weighted by molar-refractivity contribution is 5.94. The Morgan fingerprint density at radius 2 is 2.35 bits per heavy atom. The Balaban J connectivity index is 1.56. The van der Waals surface area contributed by atoms with Crippen molar-refractivity contribution in [2.75, 3.05) is 0 Å². The van der Waals surface area contributed by atoms with Crippen molar-refractivity contribution < 1.29 is 9.32 Å². The number of carbonyl (C=O) groups excluding carboxylic acids is 1. The lowest BCUT2D eigenvalue weighted by molar-refractivity contribution is 0.0937. The molecular formula is C16H15N5O2. The third-order valence-electron chi connectivity index (χ3n) is 4.07. The number of aromatic amines is 1. The molecule has 4 rings (SSSR count). The molecule has 23 heavy (non-hydrogen) atoms. The van der Waals surface area contributed by atoms with E-state index in [0.717, 1.165) is 24.0 Å². The lowest BCUT2D eigenvalue weighted by atomic mass is 10.0. The molecular weight excluding hydrogens is 294 g/mol. The van der Waals surface area contributed by atoms with E-state index in [2.05, 4.69) is 31.7 Å². The minimum atomic E-state index is -0.116. The van der Waals surface area contributed by atoms with Crippen molar-refractivity contribution >= 4 is 5.91 Å². The average Bonchev–Trinajstić information content (AvgIpc) is 3.27. The van der Waals surface area contributed by atoms with Gasteiger partial charge in [-0.05, 0) is 30.0 Å². The van der Waals surface area contributed by atoms with Crippen LogP contribution in [0.1, 0.15) is 39.8 Å². The van der Waals surface area contributed by atoms with Gasteiger partial charge in [0, 0.05) is 18.7 Å². The highest BCUT2D eigenvalue weighted by Gasteiger charge is 2.25. The number of benzene rings is 1. The average molecular weight is 309 g/mol. The van der Waals surface area contributed by atoms with E-state index in [0.29, 0.717) is 17.3 Å². The van der Waals surface area contributed by atoms with Crippen LogP contribution in [0, 0.1) is 6.92 Å². The standard InChI is InChI=1S/C16H15N5O2/c1-9-19-15(21-23-9)11-2-4-13-10(6-11)3-5-14(13)20-16(22)12-7-17-18-8-12/h2,4,6-8,14H,3,5H2,1H3,(H,17,18)(H,20,22). The van der Waals surface area contributed by atoms with Crippen LogP contribution in [0.4, 0.5) is 0 Å². The number of nitrogens with zero attached hydrogens (tertiary/aromatic N) is 3. The van der Waals surface area contributed by atoms with Crippen LogP contribution >= 0.6 is 0 Å². The fraction of sp³-hybridized carbons (Fsp3) is 0.250. The maximum atomic E-state index is 12.2. The molecule has 3 aromatic rings. The molecule has 1 atom stereocenters. The molecule has 1 amide bonds. The van der Waals surface area contributed by atoms with E-state index in [9.17, 15) is 4.79 Å². The maximum absolute atomic E-state index is 12.2. The molecule has 1 unspecified atom stereocenters. The zero-order valence-electron chi connectivity index (χ0n) is 12.5. The van der Waals surface area contributed by atoms with Gasteiger partial charge in [-0.25, -0.2) is 0 Å². The zero-order valence-corrected chi connectivity index (χ0v) is 12.5. The van der Waals surface area contributed by atoms with Crippen LogP contribution in [-0.2, 0) is 6.42 Å². The smallest absolute Gasteiger partial charge is 0.254 e. The summed E-state index contributed by atoms with van der Waals surface area (Å²) in [5.41, 5.74) is 3.83. The highest BCUT2D eigenvalue weighted by Crippen LogP contribution is 2.33. The van der Waals surface area contributed by atoms with Crippen molar-refractivity contribution in [2.24, 2.45) is 0 Å². The fourth-order valence-electron chi connectivity index (χ4n) is 2.94. The molecule has 0 fully saturated rings. The Hall–Kier alpha value is -2.96. The van der Waals surface area contributed by atoms with Crippen molar-refractivity contribution in [3.05, 3.63) is 53.2 Å². The van der Waals surface area contributed by atoms with Crippen LogP contribution in [0.15, 0.2) is 35.1 Å². The minimum absolute atomic E-state index is 0.0217. The summed E-state index contributed by atoms with van der Waals surface area (Å²) in [5, 5.41) is 13.4. The van der Waals surface area contributed by atoms with Gasteiger partial charge in [-0.15, -0.1) is 0 Å². The third-order valence-corrected chi connectivity index (χ3v) is 4.07. The number of carbonyl (C=O) groups is 1. The van der Waals surface area contributed by atoms with Crippen LogP contribution in [0.3, 0.4) is 0 Å². The van der Waals surface area contributed by atoms with Crippen molar-refractivity contribution in [1.29, 1.82) is 0 Å². The van der Waals surface area contributed by atoms with Crippen molar-refractivity contribution in [1.82, 2.24) is 25.7 Å². The van der Waals surface area contributed by atoms with Gasteiger partial charge in [0.2, 0.25) is 11.7 Å². The molecule has 2 aromatic heterocycles. The molecule has 2 heterocycles. The number of nitrogens with one attached hydrogen (secondary N) is 2. The predicted molar refractivity (Wildman–Crippen MR) is 81.6 cm³/mol. The largest absolute Gasteiger partial charge is 0.345 e. The molecule has 1 aliphatic carbocycles. The summed E-state index contributed by atoms with van der Waals surface area (Å²) in [7, 11) is 0. The zero-order chi connectivity index (χ0) is 15.8. The second-order valence-electron chi connectivity index (χ2n) is 5.60. The van der Waals surface area contributed by atoms with Crippen LogP contribution in [0.25, 0.3) is 11.4 Å². The van der Waals surface area contributed by atoms with E-state index in [-0.39, 0.29) is 11.9 Å². The van der Waals surface area contributed by atoms with Gasteiger partial charge in [0.1, 0.15) is 0 Å². The van der Waals surface area contributed by atoms with Gasteiger partial charge in [0.05, 0.1) is 17.8 Å². The van der Waals surface area contributed by atoms with E-state index in [4.69, 9.17) is 4.52 Å². The first kappa shape index (κ1) is 13.7. The van der Waals surface area contributed by atoms with Crippen molar-refractivity contribution in [2.45, 2.75) is 25.8 Å². The van der Waals surface area contributed by atoms with Crippen LogP contribution in [0.5, 0.6) is 0 Å². The van der Waals surface area contributed by atoms with Gasteiger partial charge in [-0.3, -0.25) is 9.89 Å². The number of amides is 1. The molecule has 1 aliphatic rings. The molecule has 0 bridgehead atoms. The quantitative estimate of drug-likeness (QED) is 0.773. The van der Waals surface area contributed by atoms with Gasteiger partial charge >= 0.3 is 0 Å². The number of rotatable bonds is 3. The summed E-state index contributed by atoms with van der Waals surface area (Å²) >= 11 is 0. The van der Waals surface area contributed by atoms with Crippen molar-refractivity contribution in [3.8, 4) is 11.4 Å². The second kappa shape index (κ2) is 5.35. The van der Waals surface area contributed by atoms with E-state index in [1.807, 2.05) is 12.1 Å². The van der Waals surface area contributed by atoms with Gasteiger partial charge in [-0.2, -0.15) is 10.1 Å². The Kier molecular flexibility index (Phi) is 3.18. The van der Waals surface area contributed by atoms with Gasteiger partial charge in [0.15, 0.2) is 0 Å². The number of aryl methyl sites for hydroxylation is 2. The molecule has 116 valence electrons. The summed E-state index contributed by atoms with van der Waals surface area (Å²) in [4.78, 5) is 16.4. The highest BCUT2D eigenvalue weighted by atomic mass is 16.5. The first-order chi connectivity index (χ1) is 11.2. The topological polar surface area (TPSA) is 96.7 Å². The van der Waals surface area contributed by atoms with Crippen LogP contribution in [0.2, 0.25) is 0 Å². The minimum Gasteiger partial charge on any atom is -0.345 e. The Morgan fingerprint density at radius 1 is 1.43 bits per heavy atom. The van der Waals surface area contributed by atoms with Gasteiger partial charge in [0.25, 0.3) is 5.91 Å². The lowest BCUT2D eigenvalue weighted by Crippen LogP contribution is -2.26. The summed E-state index contributed by atoms with van der Waals surface area (Å²) in [6.45, 7) is 1.77. The molecule has 7 heteroatoms. The van der Waals surface area contributed by atoms with E-state index >= 15 is 0 Å². The summed E-state index contributed by atoms with van der Waals surface area (Å²) in [5.74, 6) is 1.02. The summed E-state index contributed by atoms with van der Waals surface area (Å²) in [6.07, 6.45) is 4.91. The molecule has 0 radical (unpaired) electrons. The lowest BCUT2D eigenvalue weighted by Gasteiger charge is -2.13. The fourth-order valence-corrected chi connectivity index (χ4v) is 2.94. The van der Waals surface area contributed by atoms with Crippen LogP contribution in [-0.4, -0.2) is 26.2 Å². The first-order valence-corrected chi connectivity index (χ1v) is 7.44. The summed E-state index contributed by atoms with van der Waals surface area (Å²) < 4.78 is 5.03. The number of fused-ring (bicyclic) bond motifs is 1. The molecule has 0 saturated carbocycles. The van der Waals surface area contributed by atoms with Gasteiger partial charge < -0.3 is 9.84 Å². The molecule has 0 spiro atoms. The molecule has 2 N–H and O–H groups in total. The SMILES string of the molecule is Cc1nc(-c2ccc3c(c2)CCC3NC(=O)c2cn[nH]c2)no1. The number of H-pyrrole nitrogens is 1. The predicted octanol–water partition coefficient (Wildman–Crippen LogP) is 2.19. The Labute approximate surface area is 132 Å². The third kappa shape index (κ3) is 2.50. The molecule has 1 aromatic carbocycles. The monoisotopic (exact) mass is 309 g/mol. The second-order valence-corrected chi connectivity index (χ2v) is 5.60. The number of hydrogen-bond donors (Lipinski definition) is 2. The molecule has 0 saturated heterocycles. The first-order valence-electron chi connectivity index (χ1n) is 7.44. The Morgan fingerprint density at radius 3 is 3.09 bits per heavy atom. The van der Waals surface area contributed by atoms with E-state index < -0.39 is 0 Å². The molecule has 7 nitrogen and oxygen atoms in total. The normalized spacial score (nSPS) is 16.3. The number of hydrogen-bond acceptors (Lipinski definition) is 5.